The van der Waals surface area contributed by atoms with E-state index in [1.165, 1.54) is 0 Å². The Bertz CT molecular complexity index is 1410. The van der Waals surface area contributed by atoms with Crippen LogP contribution in [0.2, 0.25) is 5.02 Å². The molecule has 0 radical (unpaired) electrons. The lowest BCUT2D eigenvalue weighted by Crippen LogP contribution is -2.72. The molecule has 2 aromatic heterocycles. The number of anilines is 1. The fraction of sp³-hybridized carbons (Fsp3) is 0.357. The molecule has 0 bridgehead atoms. The van der Waals surface area contributed by atoms with Crippen LogP contribution in [-0.4, -0.2) is 64.1 Å². The van der Waals surface area contributed by atoms with Crippen LogP contribution in [0.5, 0.6) is 0 Å². The average molecular weight is 553 g/mol. The minimum Gasteiger partial charge on any atom is -0.392 e. The number of oxime groups is 1. The van der Waals surface area contributed by atoms with Crippen LogP contribution in [0.25, 0.3) is 0 Å². The number of nitrogens with zero attached hydrogens (tertiary/aromatic N) is 6. The number of benzene rings is 1. The Kier molecular flexibility index (Phi) is 7.25. The van der Waals surface area contributed by atoms with Gasteiger partial charge in [-0.15, -0.1) is 0 Å². The predicted octanol–water partition coefficient (Wildman–Crippen LogP) is 4.14. The highest BCUT2D eigenvalue weighted by molar-refractivity contribution is 6.31. The molecule has 2 saturated heterocycles. The van der Waals surface area contributed by atoms with Crippen LogP contribution in [0.1, 0.15) is 36.2 Å². The van der Waals surface area contributed by atoms with E-state index in [0.717, 1.165) is 49.6 Å². The molecule has 2 aliphatic heterocycles. The van der Waals surface area contributed by atoms with Crippen molar-refractivity contribution >= 4 is 23.0 Å². The molecule has 0 unspecified atom stereocenters. The molecule has 1 N–H and O–H groups in total. The first-order valence-corrected chi connectivity index (χ1v) is 12.8. The van der Waals surface area contributed by atoms with E-state index in [4.69, 9.17) is 21.7 Å². The number of halogens is 3. The van der Waals surface area contributed by atoms with Crippen molar-refractivity contribution in [3.05, 3.63) is 88.0 Å². The van der Waals surface area contributed by atoms with Gasteiger partial charge in [0.05, 0.1) is 28.7 Å². The Morgan fingerprint density at radius 3 is 2.49 bits per heavy atom. The zero-order valence-electron chi connectivity index (χ0n) is 21.5. The quantitative estimate of drug-likeness (QED) is 0.255. The van der Waals surface area contributed by atoms with Crippen molar-refractivity contribution in [3.8, 4) is 6.07 Å². The van der Waals surface area contributed by atoms with E-state index in [1.54, 1.807) is 38.5 Å². The molecule has 2 fully saturated rings. The lowest BCUT2D eigenvalue weighted by atomic mass is 9.72. The van der Waals surface area contributed by atoms with E-state index in [1.807, 2.05) is 12.1 Å². The summed E-state index contributed by atoms with van der Waals surface area (Å²) in [6, 6.07) is 9.76. The van der Waals surface area contributed by atoms with Crippen LogP contribution in [0.3, 0.4) is 0 Å². The summed E-state index contributed by atoms with van der Waals surface area (Å²) in [6.07, 6.45) is 5.06. The van der Waals surface area contributed by atoms with E-state index in [0.29, 0.717) is 17.8 Å². The van der Waals surface area contributed by atoms with E-state index in [-0.39, 0.29) is 23.3 Å². The third-order valence-electron chi connectivity index (χ3n) is 6.69. The molecule has 0 atom stereocenters. The van der Waals surface area contributed by atoms with Crippen LogP contribution < -0.4 is 4.90 Å². The van der Waals surface area contributed by atoms with Gasteiger partial charge in [-0.1, -0.05) is 22.8 Å². The van der Waals surface area contributed by atoms with Crippen molar-refractivity contribution in [3.63, 3.8) is 0 Å². The van der Waals surface area contributed by atoms with Gasteiger partial charge in [0.25, 0.3) is 0 Å². The molecule has 11 heteroatoms. The highest BCUT2D eigenvalue weighted by atomic mass is 35.5. The Hall–Kier alpha value is -3.65. The zero-order chi connectivity index (χ0) is 27.8. The fourth-order valence-electron chi connectivity index (χ4n) is 4.93. The summed E-state index contributed by atoms with van der Waals surface area (Å²) in [7, 11) is 0. The first-order valence-electron chi connectivity index (χ1n) is 12.4. The van der Waals surface area contributed by atoms with Gasteiger partial charge < -0.3 is 14.8 Å². The van der Waals surface area contributed by atoms with E-state index in [9.17, 15) is 13.9 Å². The van der Waals surface area contributed by atoms with Crippen LogP contribution >= 0.6 is 11.6 Å². The molecular weight excluding hydrogens is 526 g/mol. The van der Waals surface area contributed by atoms with Gasteiger partial charge in [-0.3, -0.25) is 14.9 Å². The molecule has 1 spiro atoms. The van der Waals surface area contributed by atoms with Crippen LogP contribution in [-0.2, 0) is 11.4 Å². The lowest BCUT2D eigenvalue weighted by Gasteiger charge is -2.61. The molecule has 4 heterocycles. The molecule has 202 valence electrons. The molecule has 8 nitrogen and oxygen atoms in total. The van der Waals surface area contributed by atoms with Gasteiger partial charge in [-0.2, -0.15) is 5.26 Å². The Morgan fingerprint density at radius 2 is 1.87 bits per heavy atom. The highest BCUT2D eigenvalue weighted by Crippen LogP contribution is 2.42. The van der Waals surface area contributed by atoms with Gasteiger partial charge in [-0.05, 0) is 43.7 Å². The Balaban J connectivity index is 1.23. The van der Waals surface area contributed by atoms with Crippen molar-refractivity contribution in [2.45, 2.75) is 26.0 Å². The smallest absolute Gasteiger partial charge is 0.145 e. The molecule has 0 saturated carbocycles. The minimum atomic E-state index is -1.15. The van der Waals surface area contributed by atoms with Crippen LogP contribution in [0, 0.1) is 28.4 Å². The second-order valence-electron chi connectivity index (χ2n) is 10.9. The van der Waals surface area contributed by atoms with Crippen molar-refractivity contribution in [2.75, 3.05) is 37.7 Å². The molecule has 0 aliphatic carbocycles. The van der Waals surface area contributed by atoms with E-state index >= 15 is 0 Å². The van der Waals surface area contributed by atoms with Crippen molar-refractivity contribution < 1.29 is 18.7 Å². The summed E-state index contributed by atoms with van der Waals surface area (Å²) in [5.74, 6) is -1.84. The maximum absolute atomic E-state index is 14.2. The topological polar surface area (TPSA) is 97.9 Å². The molecular formula is C28H27ClF2N6O2. The van der Waals surface area contributed by atoms with Gasteiger partial charge in [0.1, 0.15) is 35.0 Å². The van der Waals surface area contributed by atoms with E-state index in [2.05, 4.69) is 31.0 Å². The summed E-state index contributed by atoms with van der Waals surface area (Å²) >= 11 is 5.65. The largest absolute Gasteiger partial charge is 0.392 e. The number of hydrogen-bond acceptors (Lipinski definition) is 8. The number of hydrogen-bond donors (Lipinski definition) is 1. The van der Waals surface area contributed by atoms with Crippen LogP contribution in [0.15, 0.2) is 54.1 Å². The Labute approximate surface area is 230 Å². The number of aliphatic hydroxyl groups is 1. The first-order chi connectivity index (χ1) is 18.5. The number of likely N-dealkylation sites (tertiary alicyclic amines) is 1. The van der Waals surface area contributed by atoms with Gasteiger partial charge in [0.2, 0.25) is 0 Å². The number of pyridine rings is 2. The summed E-state index contributed by atoms with van der Waals surface area (Å²) < 4.78 is 28.4. The van der Waals surface area contributed by atoms with Crippen molar-refractivity contribution in [1.29, 1.82) is 5.26 Å². The lowest BCUT2D eigenvalue weighted by molar-refractivity contribution is -0.0274. The second-order valence-corrected chi connectivity index (χ2v) is 11.3. The van der Waals surface area contributed by atoms with Gasteiger partial charge in [0, 0.05) is 56.1 Å². The normalized spacial score (nSPS) is 16.9. The summed E-state index contributed by atoms with van der Waals surface area (Å²) in [5.41, 5.74) is 2.21. The third kappa shape index (κ3) is 6.01. The first kappa shape index (κ1) is 26.9. The monoisotopic (exact) mass is 552 g/mol. The maximum Gasteiger partial charge on any atom is 0.145 e. The predicted molar refractivity (Wildman–Crippen MR) is 142 cm³/mol. The zero-order valence-corrected chi connectivity index (χ0v) is 22.3. The second kappa shape index (κ2) is 10.5. The third-order valence-corrected chi connectivity index (χ3v) is 7.05. The maximum atomic E-state index is 14.2. The van der Waals surface area contributed by atoms with E-state index < -0.39 is 22.3 Å². The highest BCUT2D eigenvalue weighted by Gasteiger charge is 2.51. The summed E-state index contributed by atoms with van der Waals surface area (Å²) in [4.78, 5) is 18.5. The van der Waals surface area contributed by atoms with Crippen molar-refractivity contribution in [2.24, 2.45) is 10.6 Å². The number of nitriles is 1. The summed E-state index contributed by atoms with van der Waals surface area (Å²) in [6.45, 7) is 7.47. The standard InChI is InChI=1S/C28H27ClF2N6O2/c1-27(2,38)17-39-35-26(20-6-22(30)25(29)23(31)7-20)24-4-3-18(10-34-24)12-36-13-28(14-36)15-37(16-28)21-5-19(8-32)9-33-11-21/h3-7,9-11,38H,12-17H2,1-2H3. The Morgan fingerprint density at radius 1 is 1.15 bits per heavy atom. The molecule has 1 aromatic carbocycles. The average Bonchev–Trinajstić information content (AvgIpc) is 2.85. The van der Waals surface area contributed by atoms with Crippen molar-refractivity contribution in [1.82, 2.24) is 14.9 Å². The summed E-state index contributed by atoms with van der Waals surface area (Å²) in [5, 5.41) is 22.5. The molecule has 5 rings (SSSR count). The molecule has 2 aliphatic rings. The molecule has 3 aromatic rings. The number of rotatable bonds is 8. The fourth-order valence-corrected chi connectivity index (χ4v) is 5.04. The minimum absolute atomic E-state index is 0.111. The van der Waals surface area contributed by atoms with Gasteiger partial charge >= 0.3 is 0 Å². The number of aromatic nitrogens is 2. The van der Waals surface area contributed by atoms with Gasteiger partial charge in [0.15, 0.2) is 0 Å². The SMILES string of the molecule is CC(C)(O)CON=C(c1cc(F)c(Cl)c(F)c1)c1ccc(CN2CC3(C2)CN(c2cncc(C#N)c2)C3)cn1. The van der Waals surface area contributed by atoms with Gasteiger partial charge in [-0.25, -0.2) is 8.78 Å². The van der Waals surface area contributed by atoms with Crippen LogP contribution in [0.4, 0.5) is 14.5 Å². The molecule has 39 heavy (non-hydrogen) atoms. The molecule has 0 amide bonds.